The third kappa shape index (κ3) is 2.50. The van der Waals surface area contributed by atoms with Gasteiger partial charge in [-0.3, -0.25) is 19.3 Å². The minimum Gasteiger partial charge on any atom is -0.322 e. The second kappa shape index (κ2) is 6.44. The number of hydrogen-bond acceptors (Lipinski definition) is 3. The zero-order valence-electron chi connectivity index (χ0n) is 15.6. The number of fused-ring (bicyclic) bond motifs is 3. The largest absolute Gasteiger partial charge is 0.322 e. The summed E-state index contributed by atoms with van der Waals surface area (Å²) in [5, 5.41) is 2.76. The highest BCUT2D eigenvalue weighted by atomic mass is 19.1. The molecule has 28 heavy (non-hydrogen) atoms. The lowest BCUT2D eigenvalue weighted by molar-refractivity contribution is -0.129. The van der Waals surface area contributed by atoms with Gasteiger partial charge in [-0.1, -0.05) is 12.1 Å². The number of nitrogens with zero attached hydrogens (tertiary/aromatic N) is 2. The third-order valence-electron chi connectivity index (χ3n) is 5.28. The molecule has 1 atom stereocenters. The van der Waals surface area contributed by atoms with Crippen LogP contribution in [0.5, 0.6) is 0 Å². The molecule has 2 aliphatic rings. The van der Waals surface area contributed by atoms with Gasteiger partial charge in [0.1, 0.15) is 5.82 Å². The predicted molar refractivity (Wildman–Crippen MR) is 102 cm³/mol. The number of hydrogen-bond donors (Lipinski definition) is 1. The Labute approximate surface area is 161 Å². The van der Waals surface area contributed by atoms with E-state index in [2.05, 4.69) is 5.32 Å². The van der Waals surface area contributed by atoms with Crippen molar-refractivity contribution in [3.63, 3.8) is 0 Å². The maximum absolute atomic E-state index is 13.5. The van der Waals surface area contributed by atoms with Crippen molar-refractivity contribution in [1.29, 1.82) is 0 Å². The first kappa shape index (κ1) is 18.2. The number of rotatable bonds is 3. The summed E-state index contributed by atoms with van der Waals surface area (Å²) in [5.74, 6) is -1.40. The normalized spacial score (nSPS) is 21.0. The SMILES string of the molecule is CC(C)N1C(=O)c2ccccc2N2C(=O)CC[C@]21C(=O)Nc1ccc(F)cc1. The van der Waals surface area contributed by atoms with Crippen LogP contribution in [0.25, 0.3) is 0 Å². The summed E-state index contributed by atoms with van der Waals surface area (Å²) in [6, 6.07) is 11.9. The van der Waals surface area contributed by atoms with Crippen LogP contribution in [0.2, 0.25) is 0 Å². The van der Waals surface area contributed by atoms with Crippen LogP contribution < -0.4 is 10.2 Å². The molecule has 0 aliphatic carbocycles. The molecule has 0 aromatic heterocycles. The number of anilines is 2. The van der Waals surface area contributed by atoms with Crippen LogP contribution in [0.4, 0.5) is 15.8 Å². The fourth-order valence-corrected chi connectivity index (χ4v) is 4.17. The lowest BCUT2D eigenvalue weighted by atomic mass is 9.94. The lowest BCUT2D eigenvalue weighted by Gasteiger charge is -2.50. The molecule has 0 saturated carbocycles. The van der Waals surface area contributed by atoms with Crippen LogP contribution >= 0.6 is 0 Å². The molecule has 0 spiro atoms. The molecule has 0 radical (unpaired) electrons. The highest BCUT2D eigenvalue weighted by Crippen LogP contribution is 2.45. The first-order chi connectivity index (χ1) is 13.4. The molecule has 1 N–H and O–H groups in total. The molecule has 144 valence electrons. The Bertz CT molecular complexity index is 973. The summed E-state index contributed by atoms with van der Waals surface area (Å²) in [6.07, 6.45) is 0.346. The van der Waals surface area contributed by atoms with E-state index < -0.39 is 17.4 Å². The average molecular weight is 381 g/mol. The first-order valence-corrected chi connectivity index (χ1v) is 9.19. The van der Waals surface area contributed by atoms with E-state index in [9.17, 15) is 18.8 Å². The van der Waals surface area contributed by atoms with Crippen LogP contribution in [-0.4, -0.2) is 34.3 Å². The van der Waals surface area contributed by atoms with Gasteiger partial charge >= 0.3 is 0 Å². The minimum atomic E-state index is -1.45. The van der Waals surface area contributed by atoms with Gasteiger partial charge < -0.3 is 10.2 Å². The van der Waals surface area contributed by atoms with Gasteiger partial charge in [0.2, 0.25) is 11.6 Å². The fourth-order valence-electron chi connectivity index (χ4n) is 4.17. The molecular formula is C21H20FN3O3. The summed E-state index contributed by atoms with van der Waals surface area (Å²) >= 11 is 0. The van der Waals surface area contributed by atoms with Gasteiger partial charge in [-0.05, 0) is 50.2 Å². The zero-order chi connectivity index (χ0) is 20.1. The van der Waals surface area contributed by atoms with Crippen LogP contribution in [-0.2, 0) is 9.59 Å². The van der Waals surface area contributed by atoms with Crippen molar-refractivity contribution in [2.45, 2.75) is 38.4 Å². The Morgan fingerprint density at radius 2 is 1.79 bits per heavy atom. The van der Waals surface area contributed by atoms with Gasteiger partial charge in [0.05, 0.1) is 11.3 Å². The van der Waals surface area contributed by atoms with Gasteiger partial charge in [0, 0.05) is 24.6 Å². The monoisotopic (exact) mass is 381 g/mol. The van der Waals surface area contributed by atoms with E-state index in [1.807, 2.05) is 13.8 Å². The van der Waals surface area contributed by atoms with Crippen molar-refractivity contribution in [2.75, 3.05) is 10.2 Å². The summed E-state index contributed by atoms with van der Waals surface area (Å²) in [6.45, 7) is 3.64. The second-order valence-corrected chi connectivity index (χ2v) is 7.29. The number of benzene rings is 2. The highest BCUT2D eigenvalue weighted by Gasteiger charge is 2.61. The molecule has 1 saturated heterocycles. The van der Waals surface area contributed by atoms with Crippen LogP contribution in [0.1, 0.15) is 37.0 Å². The summed E-state index contributed by atoms with van der Waals surface area (Å²) in [4.78, 5) is 42.5. The van der Waals surface area contributed by atoms with Gasteiger partial charge in [0.25, 0.3) is 11.8 Å². The molecule has 6 nitrogen and oxygen atoms in total. The van der Waals surface area contributed by atoms with Crippen LogP contribution in [0.15, 0.2) is 48.5 Å². The van der Waals surface area contributed by atoms with Crippen LogP contribution in [0, 0.1) is 5.82 Å². The Morgan fingerprint density at radius 3 is 2.46 bits per heavy atom. The molecule has 2 aromatic rings. The molecular weight excluding hydrogens is 361 g/mol. The van der Waals surface area contributed by atoms with Crippen LogP contribution in [0.3, 0.4) is 0 Å². The molecule has 4 rings (SSSR count). The highest BCUT2D eigenvalue weighted by molar-refractivity contribution is 6.18. The van der Waals surface area contributed by atoms with Gasteiger partial charge in [-0.15, -0.1) is 0 Å². The standard InChI is InChI=1S/C21H20FN3O3/c1-13(2)24-19(27)16-5-3-4-6-17(16)25-18(26)11-12-21(24,25)20(28)23-15-9-7-14(22)8-10-15/h3-10,13H,11-12H2,1-2H3,(H,23,28)/t21-/m1/s1. The van der Waals surface area contributed by atoms with E-state index in [1.54, 1.807) is 24.3 Å². The quantitative estimate of drug-likeness (QED) is 0.888. The smallest absolute Gasteiger partial charge is 0.271 e. The first-order valence-electron chi connectivity index (χ1n) is 9.19. The van der Waals surface area contributed by atoms with Crippen molar-refractivity contribution in [2.24, 2.45) is 0 Å². The topological polar surface area (TPSA) is 69.7 Å². The molecule has 1 fully saturated rings. The zero-order valence-corrected chi connectivity index (χ0v) is 15.6. The van der Waals surface area contributed by atoms with E-state index in [0.29, 0.717) is 16.9 Å². The Kier molecular flexibility index (Phi) is 4.18. The van der Waals surface area contributed by atoms with E-state index in [1.165, 1.54) is 34.1 Å². The molecule has 0 unspecified atom stereocenters. The maximum Gasteiger partial charge on any atom is 0.271 e. The van der Waals surface area contributed by atoms with E-state index in [0.717, 1.165) is 0 Å². The Balaban J connectivity index is 1.85. The maximum atomic E-state index is 13.5. The molecule has 0 bridgehead atoms. The number of nitrogens with one attached hydrogen (secondary N) is 1. The van der Waals surface area contributed by atoms with E-state index in [-0.39, 0.29) is 30.7 Å². The second-order valence-electron chi connectivity index (χ2n) is 7.29. The number of amides is 3. The average Bonchev–Trinajstić information content (AvgIpc) is 3.02. The molecule has 3 amide bonds. The summed E-state index contributed by atoms with van der Waals surface area (Å²) < 4.78 is 13.2. The van der Waals surface area contributed by atoms with E-state index >= 15 is 0 Å². The fraction of sp³-hybridized carbons (Fsp3) is 0.286. The number of halogens is 1. The van der Waals surface area contributed by atoms with Crippen molar-refractivity contribution in [3.8, 4) is 0 Å². The van der Waals surface area contributed by atoms with Crippen molar-refractivity contribution >= 4 is 29.1 Å². The molecule has 2 aromatic carbocycles. The van der Waals surface area contributed by atoms with Crippen molar-refractivity contribution in [3.05, 3.63) is 59.9 Å². The predicted octanol–water partition coefficient (Wildman–Crippen LogP) is 3.15. The molecule has 7 heteroatoms. The number of para-hydroxylation sites is 1. The molecule has 2 heterocycles. The summed E-state index contributed by atoms with van der Waals surface area (Å²) in [7, 11) is 0. The van der Waals surface area contributed by atoms with Gasteiger partial charge in [-0.25, -0.2) is 4.39 Å². The number of carbonyl (C=O) groups excluding carboxylic acids is 3. The van der Waals surface area contributed by atoms with Gasteiger partial charge in [-0.2, -0.15) is 0 Å². The minimum absolute atomic E-state index is 0.154. The van der Waals surface area contributed by atoms with E-state index in [4.69, 9.17) is 0 Å². The Morgan fingerprint density at radius 1 is 1.11 bits per heavy atom. The van der Waals surface area contributed by atoms with Crippen molar-refractivity contribution < 1.29 is 18.8 Å². The molecule has 2 aliphatic heterocycles. The van der Waals surface area contributed by atoms with Crippen molar-refractivity contribution in [1.82, 2.24) is 4.90 Å². The third-order valence-corrected chi connectivity index (χ3v) is 5.28. The summed E-state index contributed by atoms with van der Waals surface area (Å²) in [5.41, 5.74) is -0.210. The Hall–Kier alpha value is -3.22. The lowest BCUT2D eigenvalue weighted by Crippen LogP contribution is -2.70. The number of carbonyl (C=O) groups is 3. The van der Waals surface area contributed by atoms with Gasteiger partial charge in [0.15, 0.2) is 0 Å².